The Kier molecular flexibility index (Phi) is 5.85. The van der Waals surface area contributed by atoms with Crippen molar-refractivity contribution in [2.45, 2.75) is 19.1 Å². The molecule has 1 aliphatic heterocycles. The maximum atomic E-state index is 12.9. The van der Waals surface area contributed by atoms with Crippen molar-refractivity contribution in [1.82, 2.24) is 19.4 Å². The molecule has 4 rings (SSSR count). The third-order valence-corrected chi connectivity index (χ3v) is 5.43. The number of nitrogens with one attached hydrogen (secondary N) is 1. The smallest absolute Gasteiger partial charge is 0.273 e. The van der Waals surface area contributed by atoms with Crippen LogP contribution in [0.3, 0.4) is 0 Å². The van der Waals surface area contributed by atoms with Crippen LogP contribution in [0, 0.1) is 5.82 Å². The van der Waals surface area contributed by atoms with Gasteiger partial charge in [0.15, 0.2) is 0 Å². The quantitative estimate of drug-likeness (QED) is 0.648. The predicted octanol–water partition coefficient (Wildman–Crippen LogP) is 1.78. The summed E-state index contributed by atoms with van der Waals surface area (Å²) in [6.07, 6.45) is 3.64. The monoisotopic (exact) mass is 425 g/mol. The van der Waals surface area contributed by atoms with E-state index in [0.29, 0.717) is 17.5 Å². The summed E-state index contributed by atoms with van der Waals surface area (Å²) in [7, 11) is 4.10. The highest BCUT2D eigenvalue weighted by Gasteiger charge is 2.24. The molecular formula is C22H24FN5O3. The first-order valence-corrected chi connectivity index (χ1v) is 10.0. The average Bonchev–Trinajstić information content (AvgIpc) is 3.25. The zero-order valence-corrected chi connectivity index (χ0v) is 17.4. The number of aromatic nitrogens is 3. The van der Waals surface area contributed by atoms with Gasteiger partial charge in [0.2, 0.25) is 0 Å². The summed E-state index contributed by atoms with van der Waals surface area (Å²) in [5, 5.41) is 0. The molecule has 3 aromatic rings. The molecule has 0 spiro atoms. The number of pyridine rings is 3. The van der Waals surface area contributed by atoms with E-state index in [4.69, 9.17) is 4.74 Å². The lowest BCUT2D eigenvalue weighted by Crippen LogP contribution is -2.32. The SMILES string of the molecule is CN(C)C1CCN(c2ccc(-n3ccc(OCc4ccc(F)cn4)cc3=O)c(=O)[nH]2)C1. The van der Waals surface area contributed by atoms with E-state index in [1.807, 2.05) is 6.07 Å². The first-order valence-electron chi connectivity index (χ1n) is 10.0. The van der Waals surface area contributed by atoms with E-state index in [2.05, 4.69) is 33.9 Å². The Morgan fingerprint density at radius 1 is 1.23 bits per heavy atom. The first-order chi connectivity index (χ1) is 14.9. The summed E-state index contributed by atoms with van der Waals surface area (Å²) in [4.78, 5) is 36.3. The maximum Gasteiger partial charge on any atom is 0.273 e. The van der Waals surface area contributed by atoms with Gasteiger partial charge >= 0.3 is 0 Å². The summed E-state index contributed by atoms with van der Waals surface area (Å²) in [5.74, 6) is 0.662. The van der Waals surface area contributed by atoms with E-state index in [0.717, 1.165) is 31.5 Å². The maximum absolute atomic E-state index is 12.9. The number of nitrogens with zero attached hydrogens (tertiary/aromatic N) is 4. The van der Waals surface area contributed by atoms with Crippen LogP contribution in [0.25, 0.3) is 5.69 Å². The Morgan fingerprint density at radius 2 is 2.06 bits per heavy atom. The number of likely N-dealkylation sites (N-methyl/N-ethyl adjacent to an activating group) is 1. The molecule has 1 N–H and O–H groups in total. The van der Waals surface area contributed by atoms with E-state index in [1.165, 1.54) is 29.0 Å². The van der Waals surface area contributed by atoms with Crippen LogP contribution in [0.15, 0.2) is 58.4 Å². The fourth-order valence-corrected chi connectivity index (χ4v) is 3.61. The molecule has 1 aliphatic rings. The van der Waals surface area contributed by atoms with Crippen molar-refractivity contribution in [2.75, 3.05) is 32.1 Å². The Balaban J connectivity index is 1.48. The van der Waals surface area contributed by atoms with Gasteiger partial charge < -0.3 is 19.5 Å². The highest BCUT2D eigenvalue weighted by molar-refractivity contribution is 5.45. The molecule has 162 valence electrons. The minimum absolute atomic E-state index is 0.1000. The van der Waals surface area contributed by atoms with E-state index in [-0.39, 0.29) is 17.9 Å². The van der Waals surface area contributed by atoms with Crippen LogP contribution in [0.2, 0.25) is 0 Å². The molecule has 0 radical (unpaired) electrons. The van der Waals surface area contributed by atoms with Gasteiger partial charge in [-0.1, -0.05) is 0 Å². The second kappa shape index (κ2) is 8.73. The molecule has 0 aromatic carbocycles. The van der Waals surface area contributed by atoms with E-state index < -0.39 is 11.4 Å². The van der Waals surface area contributed by atoms with E-state index in [9.17, 15) is 14.0 Å². The van der Waals surface area contributed by atoms with Crippen molar-refractivity contribution in [3.63, 3.8) is 0 Å². The third kappa shape index (κ3) is 4.66. The van der Waals surface area contributed by atoms with Gasteiger partial charge in [-0.05, 0) is 50.8 Å². The summed E-state index contributed by atoms with van der Waals surface area (Å²) in [5.41, 5.74) is 0.0497. The molecule has 1 atom stereocenters. The van der Waals surface area contributed by atoms with Crippen LogP contribution in [-0.4, -0.2) is 52.7 Å². The largest absolute Gasteiger partial charge is 0.487 e. The number of hydrogen-bond donors (Lipinski definition) is 1. The van der Waals surface area contributed by atoms with Gasteiger partial charge in [-0.25, -0.2) is 4.39 Å². The van der Waals surface area contributed by atoms with Crippen LogP contribution in [-0.2, 0) is 6.61 Å². The predicted molar refractivity (Wildman–Crippen MR) is 115 cm³/mol. The molecule has 0 amide bonds. The van der Waals surface area contributed by atoms with Gasteiger partial charge in [0.05, 0.1) is 11.9 Å². The Morgan fingerprint density at radius 3 is 2.71 bits per heavy atom. The molecule has 1 saturated heterocycles. The molecule has 0 saturated carbocycles. The second-order valence-corrected chi connectivity index (χ2v) is 7.74. The van der Waals surface area contributed by atoms with E-state index in [1.54, 1.807) is 12.1 Å². The number of rotatable bonds is 6. The van der Waals surface area contributed by atoms with Gasteiger partial charge in [-0.3, -0.25) is 19.1 Å². The Bertz CT molecular complexity index is 1170. The molecule has 8 nitrogen and oxygen atoms in total. The fraction of sp³-hybridized carbons (Fsp3) is 0.318. The molecule has 9 heteroatoms. The zero-order valence-electron chi connectivity index (χ0n) is 17.4. The molecule has 3 aromatic heterocycles. The fourth-order valence-electron chi connectivity index (χ4n) is 3.61. The number of ether oxygens (including phenoxy) is 1. The van der Waals surface area contributed by atoms with Gasteiger partial charge in [-0.2, -0.15) is 0 Å². The minimum atomic E-state index is -0.426. The summed E-state index contributed by atoms with van der Waals surface area (Å²) < 4.78 is 19.8. The van der Waals surface area contributed by atoms with Crippen molar-refractivity contribution < 1.29 is 9.13 Å². The summed E-state index contributed by atoms with van der Waals surface area (Å²) in [6.45, 7) is 1.81. The molecular weight excluding hydrogens is 401 g/mol. The highest BCUT2D eigenvalue weighted by atomic mass is 19.1. The van der Waals surface area contributed by atoms with Crippen molar-refractivity contribution in [3.8, 4) is 11.4 Å². The van der Waals surface area contributed by atoms with Crippen molar-refractivity contribution in [3.05, 3.63) is 81.0 Å². The molecule has 0 aliphatic carbocycles. The van der Waals surface area contributed by atoms with Gasteiger partial charge in [0.1, 0.15) is 29.7 Å². The lowest BCUT2D eigenvalue weighted by molar-refractivity contribution is 0.300. The van der Waals surface area contributed by atoms with Gasteiger partial charge in [0, 0.05) is 31.4 Å². The van der Waals surface area contributed by atoms with Crippen molar-refractivity contribution >= 4 is 5.82 Å². The minimum Gasteiger partial charge on any atom is -0.487 e. The standard InChI is InChI=1S/C22H24FN5O3/c1-26(2)17-7-9-27(13-17)20-6-5-19(22(30)25-20)28-10-8-18(11-21(28)29)31-14-16-4-3-15(23)12-24-16/h3-6,8,10-12,17H,7,9,13-14H2,1-2H3,(H,25,30). The zero-order chi connectivity index (χ0) is 22.0. The number of H-pyrrole nitrogens is 1. The Labute approximate surface area is 178 Å². The second-order valence-electron chi connectivity index (χ2n) is 7.74. The lowest BCUT2D eigenvalue weighted by atomic mass is 10.2. The number of hydrogen-bond acceptors (Lipinski definition) is 6. The number of aromatic amines is 1. The summed E-state index contributed by atoms with van der Waals surface area (Å²) >= 11 is 0. The highest BCUT2D eigenvalue weighted by Crippen LogP contribution is 2.20. The molecule has 0 bridgehead atoms. The third-order valence-electron chi connectivity index (χ3n) is 5.43. The summed E-state index contributed by atoms with van der Waals surface area (Å²) in [6, 6.07) is 9.64. The lowest BCUT2D eigenvalue weighted by Gasteiger charge is -2.21. The van der Waals surface area contributed by atoms with Gasteiger partial charge in [0.25, 0.3) is 11.1 Å². The van der Waals surface area contributed by atoms with Crippen LogP contribution in [0.1, 0.15) is 12.1 Å². The van der Waals surface area contributed by atoms with Gasteiger partial charge in [-0.15, -0.1) is 0 Å². The van der Waals surface area contributed by atoms with Crippen LogP contribution in [0.5, 0.6) is 5.75 Å². The average molecular weight is 425 g/mol. The molecule has 31 heavy (non-hydrogen) atoms. The normalized spacial score (nSPS) is 16.1. The van der Waals surface area contributed by atoms with Crippen molar-refractivity contribution in [2.24, 2.45) is 0 Å². The topological polar surface area (TPSA) is 83.5 Å². The number of anilines is 1. The molecule has 1 fully saturated rings. The van der Waals surface area contributed by atoms with E-state index >= 15 is 0 Å². The number of halogens is 1. The van der Waals surface area contributed by atoms with Crippen LogP contribution >= 0.6 is 0 Å². The molecule has 4 heterocycles. The first kappa shape index (κ1) is 20.8. The van der Waals surface area contributed by atoms with Crippen molar-refractivity contribution in [1.29, 1.82) is 0 Å². The van der Waals surface area contributed by atoms with Crippen LogP contribution in [0.4, 0.5) is 10.2 Å². The Hall–Kier alpha value is -3.46. The van der Waals surface area contributed by atoms with Crippen LogP contribution < -0.4 is 20.8 Å². The molecule has 1 unspecified atom stereocenters.